The van der Waals surface area contributed by atoms with Crippen molar-refractivity contribution in [2.75, 3.05) is 0 Å². The Morgan fingerprint density at radius 3 is 2.25 bits per heavy atom. The highest BCUT2D eigenvalue weighted by Gasteiger charge is 2.26. The fraction of sp³-hybridized carbons (Fsp3) is 0.0345. The summed E-state index contributed by atoms with van der Waals surface area (Å²) in [4.78, 5) is 42.8. The summed E-state index contributed by atoms with van der Waals surface area (Å²) in [5, 5.41) is 6.04. The Balaban J connectivity index is 1.56. The lowest BCUT2D eigenvalue weighted by Crippen LogP contribution is -2.26. The zero-order valence-corrected chi connectivity index (χ0v) is 19.1. The maximum atomic E-state index is 13.4. The van der Waals surface area contributed by atoms with E-state index in [0.717, 1.165) is 16.3 Å². The van der Waals surface area contributed by atoms with Gasteiger partial charge >= 0.3 is 5.97 Å². The van der Waals surface area contributed by atoms with Gasteiger partial charge in [-0.1, -0.05) is 72.8 Å². The Morgan fingerprint density at radius 2 is 1.50 bits per heavy atom. The molecule has 1 aromatic heterocycles. The van der Waals surface area contributed by atoms with E-state index >= 15 is 0 Å². The highest BCUT2D eigenvalue weighted by molar-refractivity contribution is 6.14. The van der Waals surface area contributed by atoms with E-state index in [1.807, 2.05) is 42.5 Å². The van der Waals surface area contributed by atoms with Gasteiger partial charge in [-0.05, 0) is 45.3 Å². The van der Waals surface area contributed by atoms with E-state index in [9.17, 15) is 14.4 Å². The summed E-state index contributed by atoms with van der Waals surface area (Å²) in [6.07, 6.45) is 1.45. The summed E-state index contributed by atoms with van der Waals surface area (Å²) in [5.41, 5.74) is 6.64. The molecule has 176 valence electrons. The number of primary amides is 1. The molecule has 3 N–H and O–H groups in total. The third-order valence-electron chi connectivity index (χ3n) is 5.88. The van der Waals surface area contributed by atoms with Gasteiger partial charge < -0.3 is 15.8 Å². The monoisotopic (exact) mass is 475 g/mol. The minimum Gasteiger partial charge on any atom is -0.420 e. The number of esters is 1. The second kappa shape index (κ2) is 9.68. The number of hydrogen-bond acceptors (Lipinski definition) is 5. The van der Waals surface area contributed by atoms with E-state index in [2.05, 4.69) is 10.3 Å². The Kier molecular flexibility index (Phi) is 6.11. The summed E-state index contributed by atoms with van der Waals surface area (Å²) < 4.78 is 5.61. The van der Waals surface area contributed by atoms with Crippen molar-refractivity contribution in [1.82, 2.24) is 10.3 Å². The van der Waals surface area contributed by atoms with Crippen LogP contribution in [-0.4, -0.2) is 22.8 Å². The van der Waals surface area contributed by atoms with Gasteiger partial charge in [-0.3, -0.25) is 9.59 Å². The van der Waals surface area contributed by atoms with Gasteiger partial charge in [-0.2, -0.15) is 0 Å². The van der Waals surface area contributed by atoms with Crippen LogP contribution in [0.4, 0.5) is 0 Å². The predicted octanol–water partition coefficient (Wildman–Crippen LogP) is 4.64. The summed E-state index contributed by atoms with van der Waals surface area (Å²) in [7, 11) is 0. The lowest BCUT2D eigenvalue weighted by Gasteiger charge is -2.16. The number of fused-ring (bicyclic) bond motifs is 2. The van der Waals surface area contributed by atoms with E-state index in [1.165, 1.54) is 12.3 Å². The van der Waals surface area contributed by atoms with Crippen molar-refractivity contribution in [3.63, 3.8) is 0 Å². The molecule has 0 radical (unpaired) electrons. The predicted molar refractivity (Wildman–Crippen MR) is 137 cm³/mol. The van der Waals surface area contributed by atoms with Crippen molar-refractivity contribution in [2.45, 2.75) is 6.54 Å². The highest BCUT2D eigenvalue weighted by atomic mass is 16.5. The zero-order valence-electron chi connectivity index (χ0n) is 19.1. The minimum atomic E-state index is -0.821. The van der Waals surface area contributed by atoms with Crippen LogP contribution in [0.2, 0.25) is 0 Å². The van der Waals surface area contributed by atoms with Crippen molar-refractivity contribution < 1.29 is 19.1 Å². The Morgan fingerprint density at radius 1 is 0.806 bits per heavy atom. The van der Waals surface area contributed by atoms with Crippen LogP contribution in [0.15, 0.2) is 97.2 Å². The maximum absolute atomic E-state index is 13.4. The molecular weight excluding hydrogens is 454 g/mol. The van der Waals surface area contributed by atoms with Crippen molar-refractivity contribution >= 4 is 39.3 Å². The third-order valence-corrected chi connectivity index (χ3v) is 5.88. The zero-order chi connectivity index (χ0) is 25.1. The molecule has 0 unspecified atom stereocenters. The lowest BCUT2D eigenvalue weighted by molar-refractivity contribution is 0.0724. The molecule has 0 fully saturated rings. The van der Waals surface area contributed by atoms with Gasteiger partial charge in [-0.25, -0.2) is 9.78 Å². The van der Waals surface area contributed by atoms with Crippen molar-refractivity contribution in [2.24, 2.45) is 5.73 Å². The molecule has 0 aliphatic rings. The van der Waals surface area contributed by atoms with Gasteiger partial charge in [0.1, 0.15) is 5.69 Å². The molecule has 0 aliphatic carbocycles. The number of hydrogen-bond donors (Lipinski definition) is 2. The first kappa shape index (κ1) is 22.7. The SMILES string of the molecule is NC(=O)c1c(OC(=O)c2ccccn2)c(C(=O)NCc2cccc3ccccc23)cc2ccccc12. The second-order valence-electron chi connectivity index (χ2n) is 8.14. The largest absolute Gasteiger partial charge is 0.420 e. The normalized spacial score (nSPS) is 10.8. The highest BCUT2D eigenvalue weighted by Crippen LogP contribution is 2.33. The van der Waals surface area contributed by atoms with Crippen LogP contribution in [0, 0.1) is 0 Å². The number of aromatic nitrogens is 1. The molecule has 0 spiro atoms. The molecule has 5 aromatic rings. The lowest BCUT2D eigenvalue weighted by atomic mass is 9.98. The molecule has 0 atom stereocenters. The number of carbonyl (C=O) groups excluding carboxylic acids is 3. The number of pyridine rings is 1. The fourth-order valence-corrected chi connectivity index (χ4v) is 4.19. The van der Waals surface area contributed by atoms with Gasteiger partial charge in [0.2, 0.25) is 0 Å². The first-order valence-corrected chi connectivity index (χ1v) is 11.3. The number of nitrogens with two attached hydrogens (primary N) is 1. The van der Waals surface area contributed by atoms with Crippen molar-refractivity contribution in [3.05, 3.63) is 120 Å². The Bertz CT molecular complexity index is 1630. The Hall–Kier alpha value is -5.04. The second-order valence-corrected chi connectivity index (χ2v) is 8.14. The number of carbonyl (C=O) groups is 3. The minimum absolute atomic E-state index is 0.0204. The van der Waals surface area contributed by atoms with Gasteiger partial charge in [0.25, 0.3) is 11.8 Å². The van der Waals surface area contributed by atoms with Gasteiger partial charge in [-0.15, -0.1) is 0 Å². The summed E-state index contributed by atoms with van der Waals surface area (Å²) in [6, 6.07) is 27.0. The van der Waals surface area contributed by atoms with Crippen LogP contribution >= 0.6 is 0 Å². The van der Waals surface area contributed by atoms with Gasteiger partial charge in [0.05, 0.1) is 11.1 Å². The first-order chi connectivity index (χ1) is 17.5. The molecule has 7 nitrogen and oxygen atoms in total. The topological polar surface area (TPSA) is 111 Å². The van der Waals surface area contributed by atoms with Crippen LogP contribution in [0.3, 0.4) is 0 Å². The molecule has 1 heterocycles. The van der Waals surface area contributed by atoms with Crippen LogP contribution in [0.1, 0.15) is 36.8 Å². The molecule has 0 aliphatic heterocycles. The number of nitrogens with one attached hydrogen (secondary N) is 1. The average molecular weight is 476 g/mol. The molecule has 0 saturated heterocycles. The number of rotatable bonds is 6. The van der Waals surface area contributed by atoms with Gasteiger partial charge in [0.15, 0.2) is 5.75 Å². The molecule has 4 aromatic carbocycles. The summed E-state index contributed by atoms with van der Waals surface area (Å²) in [5.74, 6) is -2.34. The van der Waals surface area contributed by atoms with Crippen LogP contribution in [-0.2, 0) is 6.54 Å². The third kappa shape index (κ3) is 4.37. The van der Waals surface area contributed by atoms with Crippen LogP contribution < -0.4 is 15.8 Å². The molecule has 36 heavy (non-hydrogen) atoms. The standard InChI is InChI=1S/C29H21N3O4/c30-27(33)25-22-13-4-2-9-19(22)16-23(26(25)36-29(35)24-14-5-6-15-31-24)28(34)32-17-20-11-7-10-18-8-1-3-12-21(18)20/h1-16H,17H2,(H2,30,33)(H,32,34). The molecule has 0 saturated carbocycles. The average Bonchev–Trinajstić information content (AvgIpc) is 2.91. The first-order valence-electron chi connectivity index (χ1n) is 11.3. The molecule has 0 bridgehead atoms. The number of ether oxygens (including phenoxy) is 1. The number of amides is 2. The van der Waals surface area contributed by atoms with Crippen LogP contribution in [0.25, 0.3) is 21.5 Å². The maximum Gasteiger partial charge on any atom is 0.362 e. The van der Waals surface area contributed by atoms with E-state index in [-0.39, 0.29) is 29.1 Å². The van der Waals surface area contributed by atoms with Crippen molar-refractivity contribution in [3.8, 4) is 5.75 Å². The van der Waals surface area contributed by atoms with E-state index in [4.69, 9.17) is 10.5 Å². The number of nitrogens with zero attached hydrogens (tertiary/aromatic N) is 1. The fourth-order valence-electron chi connectivity index (χ4n) is 4.19. The molecular formula is C29H21N3O4. The van der Waals surface area contributed by atoms with E-state index in [1.54, 1.807) is 42.5 Å². The quantitative estimate of drug-likeness (QED) is 0.275. The Labute approximate surface area is 206 Å². The van der Waals surface area contributed by atoms with Crippen molar-refractivity contribution in [1.29, 1.82) is 0 Å². The summed E-state index contributed by atoms with van der Waals surface area (Å²) in [6.45, 7) is 0.229. The van der Waals surface area contributed by atoms with Gasteiger partial charge in [0, 0.05) is 12.7 Å². The molecule has 5 rings (SSSR count). The molecule has 7 heteroatoms. The van der Waals surface area contributed by atoms with E-state index in [0.29, 0.717) is 10.8 Å². The smallest absolute Gasteiger partial charge is 0.362 e. The van der Waals surface area contributed by atoms with Crippen LogP contribution in [0.5, 0.6) is 5.75 Å². The van der Waals surface area contributed by atoms with E-state index < -0.39 is 17.8 Å². The summed E-state index contributed by atoms with van der Waals surface area (Å²) >= 11 is 0. The number of benzene rings is 4. The molecule has 2 amide bonds.